The average molecular weight is 586 g/mol. The quantitative estimate of drug-likeness (QED) is 0.430. The molecule has 3 aliphatic heterocycles. The molecular formula is C27H27Cl3N8O. The summed E-state index contributed by atoms with van der Waals surface area (Å²) in [5.41, 5.74) is 2.47. The van der Waals surface area contributed by atoms with Crippen LogP contribution in [0.3, 0.4) is 0 Å². The van der Waals surface area contributed by atoms with Gasteiger partial charge in [0.1, 0.15) is 5.56 Å². The Morgan fingerprint density at radius 2 is 1.72 bits per heavy atom. The SMILES string of the molecule is C[C@@H]1CN(c2ccc(Nc3ncc4c(n3)N3CCN=C3N(c3c(Cl)cccc3Cl)C4=O)c(Cl)c2)C[C@H](C)N1C. The Hall–Kier alpha value is -3.11. The van der Waals surface area contributed by atoms with Crippen molar-refractivity contribution in [1.82, 2.24) is 14.9 Å². The first kappa shape index (κ1) is 26.1. The van der Waals surface area contributed by atoms with Gasteiger partial charge in [-0.15, -0.1) is 0 Å². The van der Waals surface area contributed by atoms with Gasteiger partial charge in [-0.2, -0.15) is 4.98 Å². The van der Waals surface area contributed by atoms with Gasteiger partial charge in [0.15, 0.2) is 5.82 Å². The molecule has 12 heteroatoms. The van der Waals surface area contributed by atoms with Crippen molar-refractivity contribution in [1.29, 1.82) is 0 Å². The van der Waals surface area contributed by atoms with Gasteiger partial charge in [0.2, 0.25) is 11.9 Å². The highest BCUT2D eigenvalue weighted by Crippen LogP contribution is 2.40. The maximum Gasteiger partial charge on any atom is 0.270 e. The van der Waals surface area contributed by atoms with Crippen LogP contribution >= 0.6 is 34.8 Å². The van der Waals surface area contributed by atoms with Crippen LogP contribution in [0.25, 0.3) is 0 Å². The molecule has 1 saturated heterocycles. The fourth-order valence-electron chi connectivity index (χ4n) is 5.27. The van der Waals surface area contributed by atoms with Crippen LogP contribution in [0.4, 0.5) is 28.8 Å². The summed E-state index contributed by atoms with van der Waals surface area (Å²) in [6, 6.07) is 12.0. The first-order valence-electron chi connectivity index (χ1n) is 12.7. The minimum atomic E-state index is -0.346. The molecule has 1 N–H and O–H groups in total. The Labute approximate surface area is 242 Å². The van der Waals surface area contributed by atoms with E-state index >= 15 is 0 Å². The number of guanidine groups is 1. The largest absolute Gasteiger partial charge is 0.368 e. The third kappa shape index (κ3) is 4.57. The van der Waals surface area contributed by atoms with Crippen molar-refractivity contribution in [3.05, 3.63) is 63.2 Å². The van der Waals surface area contributed by atoms with Gasteiger partial charge in [0.05, 0.1) is 33.0 Å². The maximum absolute atomic E-state index is 13.6. The number of rotatable bonds is 4. The first-order chi connectivity index (χ1) is 18.7. The van der Waals surface area contributed by atoms with Crippen molar-refractivity contribution in [3.63, 3.8) is 0 Å². The highest BCUT2D eigenvalue weighted by atomic mass is 35.5. The number of aromatic nitrogens is 2. The van der Waals surface area contributed by atoms with E-state index < -0.39 is 0 Å². The van der Waals surface area contributed by atoms with Crippen LogP contribution < -0.4 is 20.0 Å². The van der Waals surface area contributed by atoms with E-state index in [1.807, 2.05) is 17.0 Å². The van der Waals surface area contributed by atoms with Crippen LogP contribution in [0.1, 0.15) is 24.2 Å². The number of likely N-dealkylation sites (N-methyl/N-ethyl adjacent to an activating group) is 1. The predicted octanol–water partition coefficient (Wildman–Crippen LogP) is 5.55. The van der Waals surface area contributed by atoms with Crippen LogP contribution in [-0.4, -0.2) is 72.0 Å². The molecule has 0 saturated carbocycles. The molecular weight excluding hydrogens is 559 g/mol. The number of aliphatic imine (C=N–C) groups is 1. The summed E-state index contributed by atoms with van der Waals surface area (Å²) in [6.45, 7) is 7.39. The molecule has 0 radical (unpaired) electrons. The van der Waals surface area contributed by atoms with E-state index in [-0.39, 0.29) is 5.91 Å². The second kappa shape index (κ2) is 10.1. The van der Waals surface area contributed by atoms with Crippen molar-refractivity contribution in [2.24, 2.45) is 4.99 Å². The number of para-hydroxylation sites is 1. The molecule has 6 rings (SSSR count). The number of halogens is 3. The van der Waals surface area contributed by atoms with Crippen LogP contribution in [0, 0.1) is 0 Å². The lowest BCUT2D eigenvalue weighted by Crippen LogP contribution is -2.55. The molecule has 3 aromatic rings. The predicted molar refractivity (Wildman–Crippen MR) is 159 cm³/mol. The number of nitrogens with zero attached hydrogens (tertiary/aromatic N) is 7. The van der Waals surface area contributed by atoms with Crippen molar-refractivity contribution >= 4 is 75.5 Å². The number of piperazine rings is 1. The summed E-state index contributed by atoms with van der Waals surface area (Å²) < 4.78 is 0. The molecule has 1 fully saturated rings. The number of fused-ring (bicyclic) bond motifs is 3. The molecule has 9 nitrogen and oxygen atoms in total. The molecule has 0 unspecified atom stereocenters. The number of benzene rings is 2. The lowest BCUT2D eigenvalue weighted by atomic mass is 10.1. The summed E-state index contributed by atoms with van der Waals surface area (Å²) in [7, 11) is 2.17. The smallest absolute Gasteiger partial charge is 0.270 e. The Morgan fingerprint density at radius 1 is 1.00 bits per heavy atom. The van der Waals surface area contributed by atoms with Crippen molar-refractivity contribution in [2.45, 2.75) is 25.9 Å². The van der Waals surface area contributed by atoms with Gasteiger partial charge in [-0.3, -0.25) is 19.6 Å². The van der Waals surface area contributed by atoms with E-state index in [1.54, 1.807) is 18.2 Å². The number of hydrogen-bond donors (Lipinski definition) is 1. The first-order valence-corrected chi connectivity index (χ1v) is 13.9. The summed E-state index contributed by atoms with van der Waals surface area (Å²) in [5.74, 6) is 0.890. The zero-order valence-corrected chi connectivity index (χ0v) is 24.0. The fourth-order valence-corrected chi connectivity index (χ4v) is 6.06. The standard InChI is InChI=1S/C27H27Cl3N8O/c1-15-13-36(14-16(2)35(15)3)17-7-8-22(21(30)11-17)33-26-32-12-18-24(34-26)37-10-9-31-27(37)38(25(18)39)23-19(28)5-4-6-20(23)29/h4-8,11-12,15-16H,9-10,13-14H2,1-3H3,(H,32,33,34)/t15-,16+. The number of anilines is 5. The Morgan fingerprint density at radius 3 is 2.41 bits per heavy atom. The van der Waals surface area contributed by atoms with Gasteiger partial charge in [0, 0.05) is 43.6 Å². The summed E-state index contributed by atoms with van der Waals surface area (Å²) in [4.78, 5) is 35.4. The molecule has 0 spiro atoms. The van der Waals surface area contributed by atoms with Gasteiger partial charge in [-0.05, 0) is 51.2 Å². The van der Waals surface area contributed by atoms with E-state index in [0.29, 0.717) is 74.9 Å². The topological polar surface area (TPSA) is 80.2 Å². The van der Waals surface area contributed by atoms with Crippen LogP contribution in [0.15, 0.2) is 47.6 Å². The number of nitrogens with one attached hydrogen (secondary N) is 1. The van der Waals surface area contributed by atoms with E-state index in [4.69, 9.17) is 39.8 Å². The van der Waals surface area contributed by atoms with Gasteiger partial charge in [-0.1, -0.05) is 40.9 Å². The molecule has 2 aromatic carbocycles. The normalized spacial score (nSPS) is 21.1. The average Bonchev–Trinajstić information content (AvgIpc) is 3.39. The number of carbonyl (C=O) groups is 1. The van der Waals surface area contributed by atoms with Crippen molar-refractivity contribution < 1.29 is 4.79 Å². The van der Waals surface area contributed by atoms with Gasteiger partial charge in [-0.25, -0.2) is 9.88 Å². The molecule has 1 amide bonds. The second-order valence-electron chi connectivity index (χ2n) is 10.0. The molecule has 0 bridgehead atoms. The second-order valence-corrected chi connectivity index (χ2v) is 11.3. The van der Waals surface area contributed by atoms with Crippen LogP contribution in [0.5, 0.6) is 0 Å². The summed E-state index contributed by atoms with van der Waals surface area (Å²) in [6.07, 6.45) is 1.51. The van der Waals surface area contributed by atoms with Crippen LogP contribution in [0.2, 0.25) is 15.1 Å². The molecule has 39 heavy (non-hydrogen) atoms. The third-order valence-electron chi connectivity index (χ3n) is 7.56. The van der Waals surface area contributed by atoms with E-state index in [9.17, 15) is 4.79 Å². The van der Waals surface area contributed by atoms with E-state index in [2.05, 4.69) is 52.1 Å². The molecule has 4 heterocycles. The number of hydrogen-bond acceptors (Lipinski definition) is 8. The minimum absolute atomic E-state index is 0.327. The number of amides is 1. The zero-order valence-electron chi connectivity index (χ0n) is 21.7. The Kier molecular flexibility index (Phi) is 6.79. The van der Waals surface area contributed by atoms with Gasteiger partial charge < -0.3 is 10.2 Å². The van der Waals surface area contributed by atoms with Gasteiger partial charge in [0.25, 0.3) is 5.91 Å². The lowest BCUT2D eigenvalue weighted by Gasteiger charge is -2.43. The Balaban J connectivity index is 1.28. The van der Waals surface area contributed by atoms with Crippen molar-refractivity contribution in [3.8, 4) is 0 Å². The van der Waals surface area contributed by atoms with E-state index in [0.717, 1.165) is 18.8 Å². The Bertz CT molecular complexity index is 1470. The molecule has 202 valence electrons. The summed E-state index contributed by atoms with van der Waals surface area (Å²) >= 11 is 19.6. The van der Waals surface area contributed by atoms with Crippen LogP contribution in [-0.2, 0) is 0 Å². The van der Waals surface area contributed by atoms with Gasteiger partial charge >= 0.3 is 0 Å². The third-order valence-corrected chi connectivity index (χ3v) is 8.48. The fraction of sp³-hybridized carbons (Fsp3) is 0.333. The zero-order chi connectivity index (χ0) is 27.4. The molecule has 3 aliphatic rings. The number of carbonyl (C=O) groups excluding carboxylic acids is 1. The highest BCUT2D eigenvalue weighted by molar-refractivity contribution is 6.43. The molecule has 0 aliphatic carbocycles. The van der Waals surface area contributed by atoms with Crippen molar-refractivity contribution in [2.75, 3.05) is 53.2 Å². The lowest BCUT2D eigenvalue weighted by molar-refractivity contribution is 0.1000. The minimum Gasteiger partial charge on any atom is -0.368 e. The molecule has 1 aromatic heterocycles. The molecule has 2 atom stereocenters. The summed E-state index contributed by atoms with van der Waals surface area (Å²) in [5, 5.41) is 4.49. The highest BCUT2D eigenvalue weighted by Gasteiger charge is 2.41. The van der Waals surface area contributed by atoms with E-state index in [1.165, 1.54) is 11.1 Å². The maximum atomic E-state index is 13.6. The monoisotopic (exact) mass is 584 g/mol.